The number of aromatic nitrogens is 1. The highest BCUT2D eigenvalue weighted by atomic mass is 19.2. The summed E-state index contributed by atoms with van der Waals surface area (Å²) in [5, 5.41) is 12.3. The molecule has 3 rings (SSSR count). The lowest BCUT2D eigenvalue weighted by atomic mass is 10.1. The number of phenols is 1. The van der Waals surface area contributed by atoms with E-state index in [2.05, 4.69) is 10.3 Å². The third-order valence-electron chi connectivity index (χ3n) is 3.87. The Morgan fingerprint density at radius 1 is 1.00 bits per heavy atom. The lowest BCUT2D eigenvalue weighted by molar-refractivity contribution is 0.0942. The third kappa shape index (κ3) is 2.96. The molecule has 0 aliphatic heterocycles. The Labute approximate surface area is 143 Å². The number of amides is 1. The highest BCUT2D eigenvalue weighted by Crippen LogP contribution is 2.24. The molecule has 1 heterocycles. The number of aromatic hydroxyl groups is 1. The number of carbonyl (C=O) groups is 1. The highest BCUT2D eigenvalue weighted by Gasteiger charge is 2.29. The summed E-state index contributed by atoms with van der Waals surface area (Å²) in [4.78, 5) is 14.8. The number of carbonyl (C=O) groups excluding carboxylic acids is 1. The number of halogens is 5. The van der Waals surface area contributed by atoms with Gasteiger partial charge in [-0.25, -0.2) is 22.0 Å². The molecule has 0 saturated carbocycles. The summed E-state index contributed by atoms with van der Waals surface area (Å²) in [7, 11) is 0. The molecule has 136 valence electrons. The Bertz CT molecular complexity index is 987. The van der Waals surface area contributed by atoms with E-state index in [-0.39, 0.29) is 18.7 Å². The van der Waals surface area contributed by atoms with E-state index >= 15 is 0 Å². The van der Waals surface area contributed by atoms with Crippen molar-refractivity contribution in [1.82, 2.24) is 10.3 Å². The molecule has 0 radical (unpaired) electrons. The maximum Gasteiger partial charge on any atom is 0.257 e. The van der Waals surface area contributed by atoms with Gasteiger partial charge in [-0.3, -0.25) is 4.79 Å². The smallest absolute Gasteiger partial charge is 0.257 e. The first-order valence-electron chi connectivity index (χ1n) is 7.40. The summed E-state index contributed by atoms with van der Waals surface area (Å²) in [6.45, 7) is -0.124. The summed E-state index contributed by atoms with van der Waals surface area (Å²) in [5.41, 5.74) is -0.115. The number of H-pyrrole nitrogens is 1. The molecular formula is C17H11F5N2O2. The van der Waals surface area contributed by atoms with Crippen molar-refractivity contribution in [2.45, 2.75) is 6.42 Å². The number of aromatic amines is 1. The number of hydrogen-bond donors (Lipinski definition) is 3. The predicted molar refractivity (Wildman–Crippen MR) is 82.2 cm³/mol. The van der Waals surface area contributed by atoms with Crippen molar-refractivity contribution in [3.8, 4) is 5.75 Å². The predicted octanol–water partition coefficient (Wildman–Crippen LogP) is 3.54. The zero-order valence-corrected chi connectivity index (χ0v) is 13.0. The monoisotopic (exact) mass is 370 g/mol. The molecule has 0 spiro atoms. The van der Waals surface area contributed by atoms with Crippen LogP contribution < -0.4 is 5.32 Å². The number of fused-ring (bicyclic) bond motifs is 1. The summed E-state index contributed by atoms with van der Waals surface area (Å²) in [6.07, 6.45) is 1.82. The van der Waals surface area contributed by atoms with Crippen LogP contribution >= 0.6 is 0 Å². The average molecular weight is 370 g/mol. The van der Waals surface area contributed by atoms with Crippen LogP contribution in [0, 0.1) is 29.1 Å². The van der Waals surface area contributed by atoms with Crippen LogP contribution in [0.2, 0.25) is 0 Å². The summed E-state index contributed by atoms with van der Waals surface area (Å²) < 4.78 is 66.5. The van der Waals surface area contributed by atoms with Crippen molar-refractivity contribution in [3.63, 3.8) is 0 Å². The van der Waals surface area contributed by atoms with E-state index in [1.807, 2.05) is 0 Å². The zero-order valence-electron chi connectivity index (χ0n) is 13.0. The summed E-state index contributed by atoms with van der Waals surface area (Å²) in [5.74, 6) is -12.4. The van der Waals surface area contributed by atoms with E-state index in [9.17, 15) is 31.9 Å². The Morgan fingerprint density at radius 3 is 2.27 bits per heavy atom. The molecule has 3 aromatic rings. The topological polar surface area (TPSA) is 65.1 Å². The molecule has 0 fully saturated rings. The van der Waals surface area contributed by atoms with Crippen molar-refractivity contribution in [3.05, 3.63) is 64.6 Å². The summed E-state index contributed by atoms with van der Waals surface area (Å²) in [6, 6.07) is 4.61. The molecule has 9 heteroatoms. The van der Waals surface area contributed by atoms with Gasteiger partial charge >= 0.3 is 0 Å². The van der Waals surface area contributed by atoms with Crippen molar-refractivity contribution >= 4 is 16.8 Å². The van der Waals surface area contributed by atoms with Gasteiger partial charge in [0.25, 0.3) is 5.91 Å². The standard InChI is InChI=1S/C17H11F5N2O2/c18-12-11(13(19)15(21)16(22)14(12)20)17(26)23-4-3-7-6-24-10-2-1-8(25)5-9(7)10/h1-2,5-6,24-25H,3-4H2,(H,23,26). The maximum atomic E-state index is 13.6. The van der Waals surface area contributed by atoms with Gasteiger partial charge < -0.3 is 15.4 Å². The molecule has 0 aliphatic rings. The number of hydrogen-bond acceptors (Lipinski definition) is 2. The second kappa shape index (κ2) is 6.66. The van der Waals surface area contributed by atoms with Gasteiger partial charge in [-0.15, -0.1) is 0 Å². The van der Waals surface area contributed by atoms with E-state index in [1.54, 1.807) is 12.3 Å². The van der Waals surface area contributed by atoms with Gasteiger partial charge in [0.2, 0.25) is 5.82 Å². The molecule has 1 amide bonds. The minimum Gasteiger partial charge on any atom is -0.508 e. The lowest BCUT2D eigenvalue weighted by Gasteiger charge is -2.09. The highest BCUT2D eigenvalue weighted by molar-refractivity contribution is 5.95. The Hall–Kier alpha value is -3.10. The van der Waals surface area contributed by atoms with Crippen molar-refractivity contribution in [1.29, 1.82) is 0 Å². The van der Waals surface area contributed by atoms with Crippen LogP contribution in [0.5, 0.6) is 5.75 Å². The van der Waals surface area contributed by atoms with Crippen LogP contribution in [-0.4, -0.2) is 22.5 Å². The minimum atomic E-state index is -2.32. The molecule has 0 unspecified atom stereocenters. The number of phenolic OH excluding ortho intramolecular Hbond substituents is 1. The number of rotatable bonds is 4. The molecule has 4 nitrogen and oxygen atoms in total. The fourth-order valence-corrected chi connectivity index (χ4v) is 2.58. The van der Waals surface area contributed by atoms with Gasteiger partial charge in [0.15, 0.2) is 23.3 Å². The normalized spacial score (nSPS) is 11.1. The van der Waals surface area contributed by atoms with Gasteiger partial charge in [-0.1, -0.05) is 0 Å². The van der Waals surface area contributed by atoms with Crippen LogP contribution in [-0.2, 0) is 6.42 Å². The number of benzene rings is 2. The Morgan fingerprint density at radius 2 is 1.62 bits per heavy atom. The second-order valence-corrected chi connectivity index (χ2v) is 5.49. The molecule has 0 atom stereocenters. The fraction of sp³-hybridized carbons (Fsp3) is 0.118. The van der Waals surface area contributed by atoms with E-state index in [4.69, 9.17) is 0 Å². The maximum absolute atomic E-state index is 13.6. The lowest BCUT2D eigenvalue weighted by Crippen LogP contribution is -2.28. The van der Waals surface area contributed by atoms with Gasteiger partial charge in [0, 0.05) is 23.6 Å². The van der Waals surface area contributed by atoms with Gasteiger partial charge in [-0.2, -0.15) is 0 Å². The van der Waals surface area contributed by atoms with E-state index < -0.39 is 40.6 Å². The Kier molecular flexibility index (Phi) is 4.54. The SMILES string of the molecule is O=C(NCCc1c[nH]c2ccc(O)cc12)c1c(F)c(F)c(F)c(F)c1F. The van der Waals surface area contributed by atoms with E-state index in [0.717, 1.165) is 5.52 Å². The van der Waals surface area contributed by atoms with Crippen molar-refractivity contribution < 1.29 is 31.9 Å². The van der Waals surface area contributed by atoms with Gasteiger partial charge in [0.05, 0.1) is 0 Å². The molecule has 1 aromatic heterocycles. The second-order valence-electron chi connectivity index (χ2n) is 5.49. The first-order chi connectivity index (χ1) is 12.3. The molecule has 2 aromatic carbocycles. The van der Waals surface area contributed by atoms with Crippen LogP contribution in [0.25, 0.3) is 10.9 Å². The first kappa shape index (κ1) is 17.7. The molecule has 26 heavy (non-hydrogen) atoms. The molecule has 3 N–H and O–H groups in total. The number of nitrogens with one attached hydrogen (secondary N) is 2. The first-order valence-corrected chi connectivity index (χ1v) is 7.40. The van der Waals surface area contributed by atoms with Crippen LogP contribution in [0.1, 0.15) is 15.9 Å². The minimum absolute atomic E-state index is 0.0313. The molecule has 0 saturated heterocycles. The summed E-state index contributed by atoms with van der Waals surface area (Å²) >= 11 is 0. The average Bonchev–Trinajstić information content (AvgIpc) is 3.00. The zero-order chi connectivity index (χ0) is 19.0. The molecule has 0 aliphatic carbocycles. The molecular weight excluding hydrogens is 359 g/mol. The van der Waals surface area contributed by atoms with Crippen LogP contribution in [0.3, 0.4) is 0 Å². The van der Waals surface area contributed by atoms with Crippen molar-refractivity contribution in [2.75, 3.05) is 6.54 Å². The van der Waals surface area contributed by atoms with Crippen LogP contribution in [0.15, 0.2) is 24.4 Å². The van der Waals surface area contributed by atoms with E-state index in [0.29, 0.717) is 10.9 Å². The van der Waals surface area contributed by atoms with E-state index in [1.165, 1.54) is 12.1 Å². The fourth-order valence-electron chi connectivity index (χ4n) is 2.58. The quantitative estimate of drug-likeness (QED) is 0.374. The van der Waals surface area contributed by atoms with Gasteiger partial charge in [-0.05, 0) is 30.2 Å². The largest absolute Gasteiger partial charge is 0.508 e. The Balaban J connectivity index is 1.76. The third-order valence-corrected chi connectivity index (χ3v) is 3.87. The van der Waals surface area contributed by atoms with Gasteiger partial charge in [0.1, 0.15) is 11.3 Å². The van der Waals surface area contributed by atoms with Crippen LogP contribution in [0.4, 0.5) is 22.0 Å². The molecule has 0 bridgehead atoms. The van der Waals surface area contributed by atoms with Crippen molar-refractivity contribution in [2.24, 2.45) is 0 Å².